The highest BCUT2D eigenvalue weighted by Crippen LogP contribution is 2.21. The lowest BCUT2D eigenvalue weighted by Crippen LogP contribution is -2.52. The maximum atomic E-state index is 12.9. The number of para-hydroxylation sites is 1. The summed E-state index contributed by atoms with van der Waals surface area (Å²) < 4.78 is 7.30. The number of carbonyl (C=O) groups excluding carboxylic acids is 2. The second-order valence-electron chi connectivity index (χ2n) is 8.65. The van der Waals surface area contributed by atoms with Gasteiger partial charge in [-0.15, -0.1) is 0 Å². The summed E-state index contributed by atoms with van der Waals surface area (Å²) in [7, 11) is 0. The second-order valence-corrected chi connectivity index (χ2v) is 8.65. The molecule has 0 bridgehead atoms. The summed E-state index contributed by atoms with van der Waals surface area (Å²) >= 11 is 0. The average molecular weight is 386 g/mol. The highest BCUT2D eigenvalue weighted by molar-refractivity contribution is 5.96. The van der Waals surface area contributed by atoms with E-state index in [1.54, 1.807) is 0 Å². The molecule has 2 amide bonds. The molecule has 0 aliphatic rings. The van der Waals surface area contributed by atoms with Crippen LogP contribution in [0.5, 0.6) is 0 Å². The Morgan fingerprint density at radius 3 is 2.21 bits per heavy atom. The molecule has 0 aliphatic heterocycles. The quantitative estimate of drug-likeness (QED) is 0.813. The Bertz CT molecular complexity index is 846. The summed E-state index contributed by atoms with van der Waals surface area (Å²) in [6.45, 7) is 13.3. The van der Waals surface area contributed by atoms with Gasteiger partial charge in [0.25, 0.3) is 5.91 Å². The number of amides is 2. The molecular weight excluding hydrogens is 354 g/mol. The van der Waals surface area contributed by atoms with Gasteiger partial charge in [0, 0.05) is 23.6 Å². The standard InChI is InChI=1S/C22H31N3O3/c1-15-13-18(16(2)25(15)17-11-9-8-10-12-17)19(26)24-22(6,7)14-23-20(27)28-21(3,4)5/h8-13H,14H2,1-7H3,(H,23,27)(H,24,26). The highest BCUT2D eigenvalue weighted by atomic mass is 16.6. The number of ether oxygens (including phenoxy) is 1. The number of aryl methyl sites for hydroxylation is 1. The van der Waals surface area contributed by atoms with Crippen LogP contribution in [0.3, 0.4) is 0 Å². The number of hydrogen-bond donors (Lipinski definition) is 2. The summed E-state index contributed by atoms with van der Waals surface area (Å²) in [6.07, 6.45) is -0.503. The third kappa shape index (κ3) is 5.62. The van der Waals surface area contributed by atoms with Crippen molar-refractivity contribution < 1.29 is 14.3 Å². The third-order valence-corrected chi connectivity index (χ3v) is 4.22. The summed E-state index contributed by atoms with van der Waals surface area (Å²) in [4.78, 5) is 24.8. The van der Waals surface area contributed by atoms with Crippen LogP contribution in [0.1, 0.15) is 56.4 Å². The molecule has 6 nitrogen and oxygen atoms in total. The Labute approximate surface area is 167 Å². The molecule has 2 aromatic rings. The second kappa shape index (κ2) is 8.09. The minimum atomic E-state index is -0.636. The van der Waals surface area contributed by atoms with Crippen molar-refractivity contribution in [1.82, 2.24) is 15.2 Å². The Balaban J connectivity index is 2.09. The first-order chi connectivity index (χ1) is 12.9. The number of benzene rings is 1. The summed E-state index contributed by atoms with van der Waals surface area (Å²) in [5, 5.41) is 5.71. The van der Waals surface area contributed by atoms with Crippen LogP contribution >= 0.6 is 0 Å². The topological polar surface area (TPSA) is 72.4 Å². The van der Waals surface area contributed by atoms with Gasteiger partial charge in [0.05, 0.1) is 11.1 Å². The molecule has 0 saturated heterocycles. The smallest absolute Gasteiger partial charge is 0.407 e. The minimum absolute atomic E-state index is 0.175. The maximum Gasteiger partial charge on any atom is 0.407 e. The molecule has 1 heterocycles. The average Bonchev–Trinajstić information content (AvgIpc) is 2.87. The van der Waals surface area contributed by atoms with Gasteiger partial charge in [0.2, 0.25) is 0 Å². The number of nitrogens with one attached hydrogen (secondary N) is 2. The zero-order valence-electron chi connectivity index (χ0n) is 17.8. The van der Waals surface area contributed by atoms with E-state index in [0.29, 0.717) is 5.56 Å². The fourth-order valence-electron chi connectivity index (χ4n) is 2.99. The van der Waals surface area contributed by atoms with E-state index in [-0.39, 0.29) is 12.5 Å². The zero-order valence-corrected chi connectivity index (χ0v) is 17.8. The fourth-order valence-corrected chi connectivity index (χ4v) is 2.99. The number of nitrogens with zero attached hydrogens (tertiary/aromatic N) is 1. The van der Waals surface area contributed by atoms with E-state index >= 15 is 0 Å². The molecule has 28 heavy (non-hydrogen) atoms. The van der Waals surface area contributed by atoms with Gasteiger partial charge in [-0.1, -0.05) is 18.2 Å². The molecule has 0 unspecified atom stereocenters. The van der Waals surface area contributed by atoms with Gasteiger partial charge in [-0.25, -0.2) is 4.79 Å². The third-order valence-electron chi connectivity index (χ3n) is 4.22. The fraction of sp³-hybridized carbons (Fsp3) is 0.455. The van der Waals surface area contributed by atoms with E-state index in [0.717, 1.165) is 17.1 Å². The minimum Gasteiger partial charge on any atom is -0.444 e. The van der Waals surface area contributed by atoms with Gasteiger partial charge in [0.15, 0.2) is 0 Å². The first kappa shape index (κ1) is 21.5. The lowest BCUT2D eigenvalue weighted by Gasteiger charge is -2.28. The van der Waals surface area contributed by atoms with Crippen LogP contribution in [0.25, 0.3) is 5.69 Å². The van der Waals surface area contributed by atoms with Crippen LogP contribution in [0, 0.1) is 13.8 Å². The van der Waals surface area contributed by atoms with Crippen LogP contribution in [-0.4, -0.2) is 34.3 Å². The van der Waals surface area contributed by atoms with Crippen LogP contribution < -0.4 is 10.6 Å². The van der Waals surface area contributed by atoms with E-state index in [4.69, 9.17) is 4.74 Å². The molecule has 0 spiro atoms. The van der Waals surface area contributed by atoms with Crippen LogP contribution in [-0.2, 0) is 4.74 Å². The van der Waals surface area contributed by atoms with Crippen LogP contribution in [0.4, 0.5) is 4.79 Å². The van der Waals surface area contributed by atoms with Gasteiger partial charge in [-0.05, 0) is 66.7 Å². The Kier molecular flexibility index (Phi) is 6.22. The first-order valence-corrected chi connectivity index (χ1v) is 9.43. The maximum absolute atomic E-state index is 12.9. The van der Waals surface area contributed by atoms with Crippen molar-refractivity contribution in [3.8, 4) is 5.69 Å². The van der Waals surface area contributed by atoms with E-state index in [1.807, 2.05) is 84.9 Å². The summed E-state index contributed by atoms with van der Waals surface area (Å²) in [6, 6.07) is 11.8. The van der Waals surface area contributed by atoms with Crippen molar-refractivity contribution in [2.24, 2.45) is 0 Å². The van der Waals surface area contributed by atoms with Crippen molar-refractivity contribution in [3.05, 3.63) is 53.3 Å². The number of carbonyl (C=O) groups is 2. The van der Waals surface area contributed by atoms with Crippen molar-refractivity contribution >= 4 is 12.0 Å². The zero-order chi connectivity index (χ0) is 21.1. The molecule has 0 atom stereocenters. The van der Waals surface area contributed by atoms with Gasteiger partial charge in [-0.2, -0.15) is 0 Å². The Morgan fingerprint density at radius 2 is 1.64 bits per heavy atom. The van der Waals surface area contributed by atoms with E-state index in [9.17, 15) is 9.59 Å². The summed E-state index contributed by atoms with van der Waals surface area (Å²) in [5.41, 5.74) is 2.29. The summed E-state index contributed by atoms with van der Waals surface area (Å²) in [5.74, 6) is -0.175. The van der Waals surface area contributed by atoms with E-state index in [2.05, 4.69) is 15.2 Å². The molecule has 6 heteroatoms. The van der Waals surface area contributed by atoms with Gasteiger partial charge in [0.1, 0.15) is 5.60 Å². The number of alkyl carbamates (subject to hydrolysis) is 1. The van der Waals surface area contributed by atoms with Crippen LogP contribution in [0.2, 0.25) is 0 Å². The first-order valence-electron chi connectivity index (χ1n) is 9.43. The lowest BCUT2D eigenvalue weighted by molar-refractivity contribution is 0.0509. The molecule has 2 N–H and O–H groups in total. The molecular formula is C22H31N3O3. The van der Waals surface area contributed by atoms with Crippen LogP contribution in [0.15, 0.2) is 36.4 Å². The molecule has 0 fully saturated rings. The number of rotatable bonds is 5. The predicted molar refractivity (Wildman–Crippen MR) is 111 cm³/mol. The molecule has 2 rings (SSSR count). The van der Waals surface area contributed by atoms with E-state index in [1.165, 1.54) is 0 Å². The molecule has 0 radical (unpaired) electrons. The molecule has 0 saturated carbocycles. The lowest BCUT2D eigenvalue weighted by atomic mass is 10.0. The number of hydrogen-bond acceptors (Lipinski definition) is 3. The largest absolute Gasteiger partial charge is 0.444 e. The van der Waals surface area contributed by atoms with Gasteiger partial charge in [-0.3, -0.25) is 4.79 Å². The molecule has 152 valence electrons. The van der Waals surface area contributed by atoms with Crippen molar-refractivity contribution in [3.63, 3.8) is 0 Å². The predicted octanol–water partition coefficient (Wildman–Crippen LogP) is 4.13. The Hall–Kier alpha value is -2.76. The van der Waals surface area contributed by atoms with Crippen molar-refractivity contribution in [2.45, 2.75) is 59.6 Å². The number of aromatic nitrogens is 1. The SMILES string of the molecule is Cc1cc(C(=O)NC(C)(C)CNC(=O)OC(C)(C)C)c(C)n1-c1ccccc1. The highest BCUT2D eigenvalue weighted by Gasteiger charge is 2.26. The van der Waals surface area contributed by atoms with E-state index < -0.39 is 17.2 Å². The normalized spacial score (nSPS) is 11.8. The van der Waals surface area contributed by atoms with Crippen molar-refractivity contribution in [1.29, 1.82) is 0 Å². The van der Waals surface area contributed by atoms with Gasteiger partial charge >= 0.3 is 6.09 Å². The molecule has 0 aliphatic carbocycles. The molecule has 1 aromatic carbocycles. The monoisotopic (exact) mass is 385 g/mol. The molecule has 1 aromatic heterocycles. The van der Waals surface area contributed by atoms with Gasteiger partial charge < -0.3 is 19.9 Å². The Morgan fingerprint density at radius 1 is 1.04 bits per heavy atom. The van der Waals surface area contributed by atoms with Crippen molar-refractivity contribution in [2.75, 3.05) is 6.54 Å².